The molecule has 0 aliphatic carbocycles. The van der Waals surface area contributed by atoms with E-state index in [1.807, 2.05) is 17.4 Å². The zero-order valence-electron chi connectivity index (χ0n) is 24.4. The highest BCUT2D eigenvalue weighted by Crippen LogP contribution is 2.48. The van der Waals surface area contributed by atoms with Gasteiger partial charge in [0.2, 0.25) is 0 Å². The van der Waals surface area contributed by atoms with Gasteiger partial charge in [0.25, 0.3) is 0 Å². The van der Waals surface area contributed by atoms with Crippen LogP contribution in [0.1, 0.15) is 0 Å². The molecule has 7 aromatic carbocycles. The van der Waals surface area contributed by atoms with Crippen LogP contribution in [-0.2, 0) is 0 Å². The molecular formula is C42H27NOS. The number of hydrogen-bond acceptors (Lipinski definition) is 3. The van der Waals surface area contributed by atoms with Crippen LogP contribution in [0, 0.1) is 0 Å². The van der Waals surface area contributed by atoms with E-state index in [2.05, 4.69) is 163 Å². The van der Waals surface area contributed by atoms with Crippen molar-refractivity contribution in [1.82, 2.24) is 0 Å². The number of thiophene rings is 1. The van der Waals surface area contributed by atoms with Crippen LogP contribution in [0.4, 0.5) is 17.1 Å². The molecule has 9 aromatic rings. The van der Waals surface area contributed by atoms with Gasteiger partial charge in [-0.2, -0.15) is 0 Å². The molecule has 0 radical (unpaired) electrons. The van der Waals surface area contributed by atoms with Crippen molar-refractivity contribution < 1.29 is 4.42 Å². The molecular weight excluding hydrogens is 567 g/mol. The quantitative estimate of drug-likeness (QED) is 0.197. The number of anilines is 3. The summed E-state index contributed by atoms with van der Waals surface area (Å²) in [7, 11) is 0. The minimum atomic E-state index is 0.875. The maximum atomic E-state index is 6.70. The van der Waals surface area contributed by atoms with Gasteiger partial charge in [-0.25, -0.2) is 0 Å². The summed E-state index contributed by atoms with van der Waals surface area (Å²) in [5, 5.41) is 4.85. The van der Waals surface area contributed by atoms with E-state index in [0.29, 0.717) is 0 Å². The first-order chi connectivity index (χ1) is 22.3. The Kier molecular flexibility index (Phi) is 6.03. The summed E-state index contributed by atoms with van der Waals surface area (Å²) < 4.78 is 9.34. The zero-order chi connectivity index (χ0) is 29.7. The molecule has 2 nitrogen and oxygen atoms in total. The summed E-state index contributed by atoms with van der Waals surface area (Å²) in [5.41, 5.74) is 9.65. The smallest absolute Gasteiger partial charge is 0.160 e. The van der Waals surface area contributed by atoms with Gasteiger partial charge in [-0.1, -0.05) is 121 Å². The Hall–Kier alpha value is -5.64. The number of rotatable bonds is 5. The van der Waals surface area contributed by atoms with E-state index in [1.165, 1.54) is 31.3 Å². The van der Waals surface area contributed by atoms with Crippen LogP contribution >= 0.6 is 11.3 Å². The maximum absolute atomic E-state index is 6.70. The molecule has 0 aliphatic rings. The lowest BCUT2D eigenvalue weighted by Crippen LogP contribution is -2.11. The third-order valence-electron chi connectivity index (χ3n) is 8.68. The SMILES string of the molecule is c1ccc(-c2ccc3c(oc4ccccc43)c2N(c2ccccc2)c2ccc(-c3cccc4c3sc3ccccc34)cc2)cc1. The molecule has 0 spiro atoms. The van der Waals surface area contributed by atoms with Crippen molar-refractivity contribution in [2.45, 2.75) is 0 Å². The Morgan fingerprint density at radius 1 is 0.422 bits per heavy atom. The zero-order valence-corrected chi connectivity index (χ0v) is 25.2. The average molecular weight is 594 g/mol. The van der Waals surface area contributed by atoms with Gasteiger partial charge in [-0.15, -0.1) is 11.3 Å². The van der Waals surface area contributed by atoms with Crippen molar-refractivity contribution in [3.63, 3.8) is 0 Å². The summed E-state index contributed by atoms with van der Waals surface area (Å²) in [6.07, 6.45) is 0. The van der Waals surface area contributed by atoms with Crippen molar-refractivity contribution in [3.8, 4) is 22.3 Å². The minimum Gasteiger partial charge on any atom is -0.454 e. The molecule has 0 saturated carbocycles. The Morgan fingerprint density at radius 2 is 1.07 bits per heavy atom. The lowest BCUT2D eigenvalue weighted by molar-refractivity contribution is 0.669. The van der Waals surface area contributed by atoms with Gasteiger partial charge in [-0.05, 0) is 59.2 Å². The second kappa shape index (κ2) is 10.5. The molecule has 0 N–H and O–H groups in total. The number of furan rings is 1. The van der Waals surface area contributed by atoms with E-state index in [0.717, 1.165) is 50.1 Å². The minimum absolute atomic E-state index is 0.875. The van der Waals surface area contributed by atoms with Crippen molar-refractivity contribution >= 4 is 70.5 Å². The first-order valence-corrected chi connectivity index (χ1v) is 16.0. The largest absolute Gasteiger partial charge is 0.454 e. The van der Waals surface area contributed by atoms with Gasteiger partial charge in [0.05, 0.1) is 5.69 Å². The van der Waals surface area contributed by atoms with Gasteiger partial charge in [0.1, 0.15) is 5.58 Å². The Bertz CT molecular complexity index is 2470. The van der Waals surface area contributed by atoms with Crippen LogP contribution in [0.2, 0.25) is 0 Å². The van der Waals surface area contributed by atoms with E-state index >= 15 is 0 Å². The van der Waals surface area contributed by atoms with Crippen LogP contribution in [0.5, 0.6) is 0 Å². The van der Waals surface area contributed by atoms with Crippen LogP contribution in [0.25, 0.3) is 64.4 Å². The third-order valence-corrected chi connectivity index (χ3v) is 9.90. The van der Waals surface area contributed by atoms with Gasteiger partial charge in [-0.3, -0.25) is 0 Å². The number of para-hydroxylation sites is 2. The second-order valence-electron chi connectivity index (χ2n) is 11.3. The number of benzene rings is 7. The monoisotopic (exact) mass is 593 g/mol. The van der Waals surface area contributed by atoms with Gasteiger partial charge >= 0.3 is 0 Å². The van der Waals surface area contributed by atoms with E-state index in [1.54, 1.807) is 0 Å². The summed E-state index contributed by atoms with van der Waals surface area (Å²) in [6, 6.07) is 58.3. The first kappa shape index (κ1) is 25.8. The number of nitrogens with zero attached hydrogens (tertiary/aromatic N) is 1. The van der Waals surface area contributed by atoms with Gasteiger partial charge in [0.15, 0.2) is 5.58 Å². The standard InChI is InChI=1S/C42H27NOS/c1-3-12-28(13-4-1)32-26-27-36-34-16-7-9-20-38(34)44-41(36)40(32)43(30-14-5-2-6-15-30)31-24-22-29(23-25-31)33-18-11-19-37-35-17-8-10-21-39(35)45-42(33)37/h1-27H. The molecule has 0 saturated heterocycles. The molecule has 0 unspecified atom stereocenters. The van der Waals surface area contributed by atoms with E-state index < -0.39 is 0 Å². The molecule has 0 aliphatic heterocycles. The normalized spacial score (nSPS) is 11.6. The molecule has 45 heavy (non-hydrogen) atoms. The molecule has 0 bridgehead atoms. The van der Waals surface area contributed by atoms with Crippen molar-refractivity contribution in [3.05, 3.63) is 164 Å². The van der Waals surface area contributed by atoms with E-state index in [-0.39, 0.29) is 0 Å². The highest BCUT2D eigenvalue weighted by Gasteiger charge is 2.24. The second-order valence-corrected chi connectivity index (χ2v) is 12.4. The maximum Gasteiger partial charge on any atom is 0.160 e. The first-order valence-electron chi connectivity index (χ1n) is 15.2. The number of hydrogen-bond donors (Lipinski definition) is 0. The fourth-order valence-electron chi connectivity index (χ4n) is 6.60. The lowest BCUT2D eigenvalue weighted by atomic mass is 9.98. The molecule has 212 valence electrons. The predicted octanol–water partition coefficient (Wildman–Crippen LogP) is 12.8. The average Bonchev–Trinajstić information content (AvgIpc) is 3.69. The lowest BCUT2D eigenvalue weighted by Gasteiger charge is -2.28. The molecule has 2 aromatic heterocycles. The Labute approximate surface area is 265 Å². The van der Waals surface area contributed by atoms with Gasteiger partial charge < -0.3 is 9.32 Å². The molecule has 2 heterocycles. The van der Waals surface area contributed by atoms with E-state index in [4.69, 9.17) is 4.42 Å². The molecule has 0 atom stereocenters. The Balaban J connectivity index is 1.27. The fraction of sp³-hybridized carbons (Fsp3) is 0. The summed E-state index contributed by atoms with van der Waals surface area (Å²) in [4.78, 5) is 2.34. The molecule has 0 amide bonds. The summed E-state index contributed by atoms with van der Waals surface area (Å²) in [6.45, 7) is 0. The molecule has 0 fully saturated rings. The third kappa shape index (κ3) is 4.24. The van der Waals surface area contributed by atoms with Crippen LogP contribution in [-0.4, -0.2) is 0 Å². The number of fused-ring (bicyclic) bond motifs is 6. The molecule has 9 rings (SSSR count). The van der Waals surface area contributed by atoms with Crippen molar-refractivity contribution in [2.75, 3.05) is 4.90 Å². The van der Waals surface area contributed by atoms with Crippen LogP contribution in [0.3, 0.4) is 0 Å². The Morgan fingerprint density at radius 3 is 1.89 bits per heavy atom. The highest BCUT2D eigenvalue weighted by molar-refractivity contribution is 7.26. The van der Waals surface area contributed by atoms with Crippen LogP contribution in [0.15, 0.2) is 168 Å². The van der Waals surface area contributed by atoms with Crippen LogP contribution < -0.4 is 4.90 Å². The van der Waals surface area contributed by atoms with Gasteiger partial charge in [0, 0.05) is 47.9 Å². The highest BCUT2D eigenvalue weighted by atomic mass is 32.1. The van der Waals surface area contributed by atoms with Crippen molar-refractivity contribution in [1.29, 1.82) is 0 Å². The fourth-order valence-corrected chi connectivity index (χ4v) is 7.83. The predicted molar refractivity (Wildman–Crippen MR) is 192 cm³/mol. The summed E-state index contributed by atoms with van der Waals surface area (Å²) in [5.74, 6) is 0. The van der Waals surface area contributed by atoms with Crippen molar-refractivity contribution in [2.24, 2.45) is 0 Å². The topological polar surface area (TPSA) is 16.4 Å². The molecule has 3 heteroatoms. The summed E-state index contributed by atoms with van der Waals surface area (Å²) >= 11 is 1.87. The van der Waals surface area contributed by atoms with E-state index in [9.17, 15) is 0 Å².